The van der Waals surface area contributed by atoms with Crippen LogP contribution in [-0.2, 0) is 0 Å². The van der Waals surface area contributed by atoms with Crippen LogP contribution in [0.1, 0.15) is 38.7 Å². The van der Waals surface area contributed by atoms with Crippen molar-refractivity contribution in [3.8, 4) is 6.07 Å². The van der Waals surface area contributed by atoms with E-state index < -0.39 is 0 Å². The molecule has 0 radical (unpaired) electrons. The van der Waals surface area contributed by atoms with Gasteiger partial charge in [-0.25, -0.2) is 0 Å². The quantitative estimate of drug-likeness (QED) is 0.792. The van der Waals surface area contributed by atoms with E-state index in [2.05, 4.69) is 25.2 Å². The number of benzene rings is 1. The fraction of sp³-hybridized carbons (Fsp3) is 0.462. The second kappa shape index (κ2) is 6.08. The van der Waals surface area contributed by atoms with Crippen LogP contribution < -0.4 is 5.32 Å². The first-order chi connectivity index (χ1) is 7.26. The highest BCUT2D eigenvalue weighted by molar-refractivity contribution is 5.49. The van der Waals surface area contributed by atoms with Gasteiger partial charge in [-0.05, 0) is 31.5 Å². The molecule has 1 aromatic carbocycles. The maximum absolute atomic E-state index is 8.76. The molecule has 1 rings (SSSR count). The third-order valence-corrected chi connectivity index (χ3v) is 2.40. The number of rotatable bonds is 5. The minimum atomic E-state index is 0.471. The average molecular weight is 202 g/mol. The zero-order chi connectivity index (χ0) is 11.1. The Bertz CT molecular complexity index is 339. The summed E-state index contributed by atoms with van der Waals surface area (Å²) in [4.78, 5) is 0. The van der Waals surface area contributed by atoms with Crippen molar-refractivity contribution < 1.29 is 0 Å². The molecule has 2 heteroatoms. The third-order valence-electron chi connectivity index (χ3n) is 2.40. The number of unbranched alkanes of at least 4 members (excludes halogenated alkanes) is 1. The molecule has 15 heavy (non-hydrogen) atoms. The Hall–Kier alpha value is -1.49. The predicted octanol–water partition coefficient (Wildman–Crippen LogP) is 3.55. The molecular formula is C13H18N2. The van der Waals surface area contributed by atoms with Crippen molar-refractivity contribution in [2.75, 3.05) is 5.32 Å². The lowest BCUT2D eigenvalue weighted by Crippen LogP contribution is -2.14. The summed E-state index contributed by atoms with van der Waals surface area (Å²) in [6.45, 7) is 4.37. The van der Waals surface area contributed by atoms with Crippen LogP contribution in [0.4, 0.5) is 5.69 Å². The zero-order valence-electron chi connectivity index (χ0n) is 9.46. The van der Waals surface area contributed by atoms with E-state index in [0.717, 1.165) is 5.69 Å². The molecule has 1 aromatic rings. The van der Waals surface area contributed by atoms with Gasteiger partial charge in [0.15, 0.2) is 0 Å². The molecule has 0 aliphatic rings. The Labute approximate surface area is 91.9 Å². The van der Waals surface area contributed by atoms with Crippen molar-refractivity contribution in [3.05, 3.63) is 29.8 Å². The van der Waals surface area contributed by atoms with E-state index in [-0.39, 0.29) is 0 Å². The van der Waals surface area contributed by atoms with Gasteiger partial charge in [0, 0.05) is 11.7 Å². The molecular weight excluding hydrogens is 184 g/mol. The topological polar surface area (TPSA) is 35.8 Å². The number of anilines is 1. The summed E-state index contributed by atoms with van der Waals surface area (Å²) < 4.78 is 0. The molecule has 0 saturated heterocycles. The van der Waals surface area contributed by atoms with Crippen LogP contribution in [0.25, 0.3) is 0 Å². The number of hydrogen-bond acceptors (Lipinski definition) is 2. The molecule has 1 N–H and O–H groups in total. The molecule has 0 aromatic heterocycles. The molecule has 0 spiro atoms. The van der Waals surface area contributed by atoms with E-state index in [1.165, 1.54) is 19.3 Å². The molecule has 0 aliphatic heterocycles. The number of nitrogens with one attached hydrogen (secondary N) is 1. The molecule has 1 atom stereocenters. The van der Waals surface area contributed by atoms with Crippen molar-refractivity contribution in [1.29, 1.82) is 5.26 Å². The zero-order valence-corrected chi connectivity index (χ0v) is 9.46. The highest BCUT2D eigenvalue weighted by Gasteiger charge is 2.01. The number of nitrogens with zero attached hydrogens (tertiary/aromatic N) is 1. The van der Waals surface area contributed by atoms with Crippen molar-refractivity contribution in [1.82, 2.24) is 0 Å². The van der Waals surface area contributed by atoms with Crippen LogP contribution in [0.2, 0.25) is 0 Å². The third kappa shape index (κ3) is 4.03. The van der Waals surface area contributed by atoms with Crippen LogP contribution in [0.5, 0.6) is 0 Å². The van der Waals surface area contributed by atoms with E-state index >= 15 is 0 Å². The van der Waals surface area contributed by atoms with Gasteiger partial charge in [-0.1, -0.05) is 25.8 Å². The summed E-state index contributed by atoms with van der Waals surface area (Å²) >= 11 is 0. The van der Waals surface area contributed by atoms with Gasteiger partial charge in [0.25, 0.3) is 0 Å². The molecule has 0 fully saturated rings. The van der Waals surface area contributed by atoms with Crippen LogP contribution in [0.15, 0.2) is 24.3 Å². The maximum Gasteiger partial charge on any atom is 0.0992 e. The Morgan fingerprint density at radius 3 is 2.93 bits per heavy atom. The summed E-state index contributed by atoms with van der Waals surface area (Å²) in [5, 5.41) is 12.2. The van der Waals surface area contributed by atoms with Gasteiger partial charge in [-0.2, -0.15) is 5.26 Å². The second-order valence-electron chi connectivity index (χ2n) is 3.88. The lowest BCUT2D eigenvalue weighted by atomic mass is 10.1. The van der Waals surface area contributed by atoms with E-state index in [1.807, 2.05) is 24.3 Å². The standard InChI is InChI=1S/C13H18N2/c1-3-4-6-11(2)15-13-8-5-7-12(9-13)10-14/h5,7-9,11,15H,3-4,6H2,1-2H3. The molecule has 0 heterocycles. The first-order valence-electron chi connectivity index (χ1n) is 5.53. The molecule has 0 amide bonds. The average Bonchev–Trinajstić information content (AvgIpc) is 2.26. The maximum atomic E-state index is 8.76. The first-order valence-corrected chi connectivity index (χ1v) is 5.53. The first kappa shape index (κ1) is 11.6. The van der Waals surface area contributed by atoms with Gasteiger partial charge < -0.3 is 5.32 Å². The molecule has 0 saturated carbocycles. The highest BCUT2D eigenvalue weighted by Crippen LogP contribution is 2.13. The van der Waals surface area contributed by atoms with Gasteiger partial charge >= 0.3 is 0 Å². The smallest absolute Gasteiger partial charge is 0.0992 e. The monoisotopic (exact) mass is 202 g/mol. The summed E-state index contributed by atoms with van der Waals surface area (Å²) in [7, 11) is 0. The predicted molar refractivity (Wildman–Crippen MR) is 63.8 cm³/mol. The Morgan fingerprint density at radius 1 is 1.47 bits per heavy atom. The summed E-state index contributed by atoms with van der Waals surface area (Å²) in [6.07, 6.45) is 3.64. The van der Waals surface area contributed by atoms with Gasteiger partial charge in [-0.15, -0.1) is 0 Å². The van der Waals surface area contributed by atoms with E-state index in [4.69, 9.17) is 5.26 Å². The van der Waals surface area contributed by atoms with Crippen molar-refractivity contribution in [2.45, 2.75) is 39.2 Å². The minimum absolute atomic E-state index is 0.471. The van der Waals surface area contributed by atoms with Gasteiger partial charge in [0.05, 0.1) is 11.6 Å². The largest absolute Gasteiger partial charge is 0.383 e. The molecule has 0 aliphatic carbocycles. The van der Waals surface area contributed by atoms with Crippen LogP contribution >= 0.6 is 0 Å². The molecule has 2 nitrogen and oxygen atoms in total. The van der Waals surface area contributed by atoms with E-state index in [0.29, 0.717) is 11.6 Å². The van der Waals surface area contributed by atoms with Crippen molar-refractivity contribution in [2.24, 2.45) is 0 Å². The normalized spacial score (nSPS) is 11.8. The van der Waals surface area contributed by atoms with Crippen LogP contribution in [-0.4, -0.2) is 6.04 Å². The number of nitriles is 1. The van der Waals surface area contributed by atoms with Crippen LogP contribution in [0, 0.1) is 11.3 Å². The second-order valence-corrected chi connectivity index (χ2v) is 3.88. The minimum Gasteiger partial charge on any atom is -0.383 e. The van der Waals surface area contributed by atoms with Gasteiger partial charge in [-0.3, -0.25) is 0 Å². The van der Waals surface area contributed by atoms with Gasteiger partial charge in [0.1, 0.15) is 0 Å². The van der Waals surface area contributed by atoms with Gasteiger partial charge in [0.2, 0.25) is 0 Å². The fourth-order valence-corrected chi connectivity index (χ4v) is 1.55. The summed E-state index contributed by atoms with van der Waals surface area (Å²) in [5.41, 5.74) is 1.75. The lowest BCUT2D eigenvalue weighted by Gasteiger charge is -2.14. The van der Waals surface area contributed by atoms with E-state index in [1.54, 1.807) is 0 Å². The number of hydrogen-bond donors (Lipinski definition) is 1. The van der Waals surface area contributed by atoms with Crippen LogP contribution in [0.3, 0.4) is 0 Å². The molecule has 0 bridgehead atoms. The SMILES string of the molecule is CCCCC(C)Nc1cccc(C#N)c1. The Morgan fingerprint density at radius 2 is 2.27 bits per heavy atom. The fourth-order valence-electron chi connectivity index (χ4n) is 1.55. The molecule has 80 valence electrons. The Balaban J connectivity index is 2.53. The van der Waals surface area contributed by atoms with E-state index in [9.17, 15) is 0 Å². The molecule has 1 unspecified atom stereocenters. The van der Waals surface area contributed by atoms with Crippen molar-refractivity contribution in [3.63, 3.8) is 0 Å². The highest BCUT2D eigenvalue weighted by atomic mass is 14.9. The summed E-state index contributed by atoms with van der Waals surface area (Å²) in [5.74, 6) is 0. The Kier molecular flexibility index (Phi) is 4.70. The lowest BCUT2D eigenvalue weighted by molar-refractivity contribution is 0.645. The summed E-state index contributed by atoms with van der Waals surface area (Å²) in [6, 6.07) is 10.2. The van der Waals surface area contributed by atoms with Crippen molar-refractivity contribution >= 4 is 5.69 Å².